The number of nitrogens with one attached hydrogen (secondary N) is 1. The largest absolute Gasteiger partial charge is 0.484 e. The number of ether oxygens (including phenoxy) is 1. The van der Waals surface area contributed by atoms with Gasteiger partial charge in [0.2, 0.25) is 0 Å². The Kier molecular flexibility index (Phi) is 6.12. The number of aryl methyl sites for hydroxylation is 1. The number of carbonyl (C=O) groups is 1. The number of piperidine rings is 1. The van der Waals surface area contributed by atoms with Crippen LogP contribution < -0.4 is 10.1 Å². The SMILES string of the molecule is Cc1cccc(OCC(=O)NC[C@H](c2ccco2)N2CCCCC2)c1. The van der Waals surface area contributed by atoms with E-state index in [1.807, 2.05) is 43.3 Å². The van der Waals surface area contributed by atoms with Crippen molar-refractivity contribution in [2.75, 3.05) is 26.2 Å². The second-order valence-electron chi connectivity index (χ2n) is 6.54. The minimum absolute atomic E-state index is 0.0222. The van der Waals surface area contributed by atoms with Gasteiger partial charge in [-0.25, -0.2) is 0 Å². The van der Waals surface area contributed by atoms with Gasteiger partial charge in [0.05, 0.1) is 12.3 Å². The van der Waals surface area contributed by atoms with E-state index >= 15 is 0 Å². The van der Waals surface area contributed by atoms with Crippen molar-refractivity contribution in [2.24, 2.45) is 0 Å². The Morgan fingerprint density at radius 3 is 2.80 bits per heavy atom. The summed E-state index contributed by atoms with van der Waals surface area (Å²) in [5, 5.41) is 2.99. The molecule has 1 saturated heterocycles. The Bertz CT molecular complexity index is 663. The number of carbonyl (C=O) groups excluding carboxylic acids is 1. The first-order valence-electron chi connectivity index (χ1n) is 8.96. The van der Waals surface area contributed by atoms with Crippen LogP contribution in [0.5, 0.6) is 5.75 Å². The monoisotopic (exact) mass is 342 g/mol. The van der Waals surface area contributed by atoms with E-state index < -0.39 is 0 Å². The van der Waals surface area contributed by atoms with Crippen LogP contribution >= 0.6 is 0 Å². The summed E-state index contributed by atoms with van der Waals surface area (Å²) in [4.78, 5) is 14.6. The van der Waals surface area contributed by atoms with E-state index in [2.05, 4.69) is 10.2 Å². The molecule has 1 aromatic heterocycles. The summed E-state index contributed by atoms with van der Waals surface area (Å²) in [5.41, 5.74) is 1.11. The standard InChI is InChI=1S/C20H26N2O3/c1-16-7-5-8-17(13-16)25-15-20(23)21-14-18(19-9-6-12-24-19)22-10-3-2-4-11-22/h5-9,12-13,18H,2-4,10-11,14-15H2,1H3,(H,21,23)/t18-/m1/s1. The van der Waals surface area contributed by atoms with E-state index in [1.54, 1.807) is 6.26 Å². The van der Waals surface area contributed by atoms with E-state index in [0.29, 0.717) is 12.3 Å². The predicted octanol–water partition coefficient (Wildman–Crippen LogP) is 3.31. The molecule has 1 aromatic carbocycles. The molecular weight excluding hydrogens is 316 g/mol. The van der Waals surface area contributed by atoms with Crippen molar-refractivity contribution in [1.82, 2.24) is 10.2 Å². The maximum Gasteiger partial charge on any atom is 0.258 e. The Balaban J connectivity index is 1.52. The fraction of sp³-hybridized carbons (Fsp3) is 0.450. The molecule has 1 aliphatic heterocycles. The minimum atomic E-state index is -0.116. The molecular formula is C20H26N2O3. The summed E-state index contributed by atoms with van der Waals surface area (Å²) >= 11 is 0. The maximum atomic E-state index is 12.2. The molecule has 0 aliphatic carbocycles. The molecule has 1 atom stereocenters. The van der Waals surface area contributed by atoms with Crippen LogP contribution in [0.1, 0.15) is 36.6 Å². The molecule has 1 N–H and O–H groups in total. The molecule has 0 unspecified atom stereocenters. The first-order valence-corrected chi connectivity index (χ1v) is 8.96. The van der Waals surface area contributed by atoms with Gasteiger partial charge in [0, 0.05) is 6.54 Å². The molecule has 1 fully saturated rings. The quantitative estimate of drug-likeness (QED) is 0.839. The smallest absolute Gasteiger partial charge is 0.258 e. The summed E-state index contributed by atoms with van der Waals surface area (Å²) in [7, 11) is 0. The van der Waals surface area contributed by atoms with Crippen molar-refractivity contribution in [3.05, 3.63) is 54.0 Å². The fourth-order valence-electron chi connectivity index (χ4n) is 3.24. The van der Waals surface area contributed by atoms with Crippen molar-refractivity contribution in [1.29, 1.82) is 0 Å². The van der Waals surface area contributed by atoms with E-state index in [9.17, 15) is 4.79 Å². The molecule has 3 rings (SSSR count). The van der Waals surface area contributed by atoms with Gasteiger partial charge < -0.3 is 14.5 Å². The highest BCUT2D eigenvalue weighted by atomic mass is 16.5. The number of rotatable bonds is 7. The Morgan fingerprint density at radius 2 is 2.08 bits per heavy atom. The van der Waals surface area contributed by atoms with E-state index in [1.165, 1.54) is 19.3 Å². The van der Waals surface area contributed by atoms with Crippen molar-refractivity contribution < 1.29 is 13.9 Å². The average Bonchev–Trinajstić information content (AvgIpc) is 3.15. The molecule has 134 valence electrons. The first kappa shape index (κ1) is 17.5. The van der Waals surface area contributed by atoms with Gasteiger partial charge in [0.1, 0.15) is 11.5 Å². The fourth-order valence-corrected chi connectivity index (χ4v) is 3.24. The van der Waals surface area contributed by atoms with Gasteiger partial charge >= 0.3 is 0 Å². The lowest BCUT2D eigenvalue weighted by Gasteiger charge is -2.33. The summed E-state index contributed by atoms with van der Waals surface area (Å²) in [5.74, 6) is 1.51. The van der Waals surface area contributed by atoms with Gasteiger partial charge in [-0.1, -0.05) is 18.6 Å². The number of hydrogen-bond donors (Lipinski definition) is 1. The third-order valence-corrected chi connectivity index (χ3v) is 4.56. The molecule has 2 heterocycles. The highest BCUT2D eigenvalue weighted by Crippen LogP contribution is 2.24. The number of nitrogens with zero attached hydrogens (tertiary/aromatic N) is 1. The molecule has 25 heavy (non-hydrogen) atoms. The van der Waals surface area contributed by atoms with Gasteiger partial charge in [0.15, 0.2) is 6.61 Å². The lowest BCUT2D eigenvalue weighted by Crippen LogP contribution is -2.41. The van der Waals surface area contributed by atoms with Crippen LogP contribution in [0.3, 0.4) is 0 Å². The van der Waals surface area contributed by atoms with Crippen LogP contribution in [-0.2, 0) is 4.79 Å². The van der Waals surface area contributed by atoms with Crippen LogP contribution in [0.2, 0.25) is 0 Å². The molecule has 0 saturated carbocycles. The van der Waals surface area contributed by atoms with Crippen LogP contribution in [0.25, 0.3) is 0 Å². The summed E-state index contributed by atoms with van der Waals surface area (Å²) < 4.78 is 11.2. The molecule has 5 nitrogen and oxygen atoms in total. The van der Waals surface area contributed by atoms with Gasteiger partial charge in [-0.15, -0.1) is 0 Å². The lowest BCUT2D eigenvalue weighted by molar-refractivity contribution is -0.123. The Hall–Kier alpha value is -2.27. The van der Waals surface area contributed by atoms with Gasteiger partial charge in [-0.2, -0.15) is 0 Å². The third kappa shape index (κ3) is 5.10. The summed E-state index contributed by atoms with van der Waals surface area (Å²) in [6, 6.07) is 11.7. The number of benzene rings is 1. The summed E-state index contributed by atoms with van der Waals surface area (Å²) in [6.45, 7) is 4.64. The maximum absolute atomic E-state index is 12.2. The van der Waals surface area contributed by atoms with Crippen molar-refractivity contribution >= 4 is 5.91 Å². The molecule has 0 bridgehead atoms. The topological polar surface area (TPSA) is 54.7 Å². The molecule has 5 heteroatoms. The first-order chi connectivity index (χ1) is 12.2. The van der Waals surface area contributed by atoms with E-state index in [0.717, 1.165) is 24.4 Å². The van der Waals surface area contributed by atoms with E-state index in [4.69, 9.17) is 9.15 Å². The zero-order valence-corrected chi connectivity index (χ0v) is 14.7. The van der Waals surface area contributed by atoms with Crippen LogP contribution in [0.15, 0.2) is 47.1 Å². The lowest BCUT2D eigenvalue weighted by atomic mass is 10.1. The Morgan fingerprint density at radius 1 is 1.24 bits per heavy atom. The minimum Gasteiger partial charge on any atom is -0.484 e. The average molecular weight is 342 g/mol. The van der Waals surface area contributed by atoms with Gasteiger partial charge in [-0.3, -0.25) is 9.69 Å². The highest BCUT2D eigenvalue weighted by Gasteiger charge is 2.24. The van der Waals surface area contributed by atoms with Gasteiger partial charge in [0.25, 0.3) is 5.91 Å². The zero-order chi connectivity index (χ0) is 17.5. The number of amides is 1. The van der Waals surface area contributed by atoms with Crippen LogP contribution in [0.4, 0.5) is 0 Å². The molecule has 0 spiro atoms. The van der Waals surface area contributed by atoms with Crippen LogP contribution in [-0.4, -0.2) is 37.0 Å². The molecule has 1 amide bonds. The van der Waals surface area contributed by atoms with Crippen molar-refractivity contribution in [3.8, 4) is 5.75 Å². The number of hydrogen-bond acceptors (Lipinski definition) is 4. The predicted molar refractivity (Wildman–Crippen MR) is 96.6 cm³/mol. The number of likely N-dealkylation sites (tertiary alicyclic amines) is 1. The van der Waals surface area contributed by atoms with Crippen LogP contribution in [0, 0.1) is 6.92 Å². The van der Waals surface area contributed by atoms with E-state index in [-0.39, 0.29) is 18.6 Å². The summed E-state index contributed by atoms with van der Waals surface area (Å²) in [6.07, 6.45) is 5.36. The molecule has 2 aromatic rings. The second kappa shape index (κ2) is 8.72. The molecule has 1 aliphatic rings. The van der Waals surface area contributed by atoms with Crippen molar-refractivity contribution in [3.63, 3.8) is 0 Å². The Labute approximate surface area is 149 Å². The second-order valence-corrected chi connectivity index (χ2v) is 6.54. The highest BCUT2D eigenvalue weighted by molar-refractivity contribution is 5.77. The third-order valence-electron chi connectivity index (χ3n) is 4.56. The number of furan rings is 1. The van der Waals surface area contributed by atoms with Gasteiger partial charge in [-0.05, 0) is 62.7 Å². The normalized spacial score (nSPS) is 16.4. The zero-order valence-electron chi connectivity index (χ0n) is 14.7. The molecule has 0 radical (unpaired) electrons. The van der Waals surface area contributed by atoms with Crippen molar-refractivity contribution in [2.45, 2.75) is 32.2 Å².